The van der Waals surface area contributed by atoms with Gasteiger partial charge < -0.3 is 10.2 Å². The van der Waals surface area contributed by atoms with E-state index in [4.69, 9.17) is 0 Å². The maximum atomic E-state index is 3.74. The summed E-state index contributed by atoms with van der Waals surface area (Å²) in [5, 5.41) is 3.58. The van der Waals surface area contributed by atoms with Crippen molar-refractivity contribution >= 4 is 0 Å². The van der Waals surface area contributed by atoms with Gasteiger partial charge in [-0.3, -0.25) is 0 Å². The molecule has 1 heterocycles. The van der Waals surface area contributed by atoms with E-state index in [-0.39, 0.29) is 0 Å². The third-order valence-electron chi connectivity index (χ3n) is 3.51. The fourth-order valence-corrected chi connectivity index (χ4v) is 2.10. The fraction of sp³-hybridized carbons (Fsp3) is 0.846. The molecule has 2 nitrogen and oxygen atoms in total. The van der Waals surface area contributed by atoms with Crippen molar-refractivity contribution in [2.45, 2.75) is 32.6 Å². The summed E-state index contributed by atoms with van der Waals surface area (Å²) in [6.07, 6.45) is 7.01. The molecule has 0 saturated carbocycles. The lowest BCUT2D eigenvalue weighted by Crippen LogP contribution is -2.42. The quantitative estimate of drug-likeness (QED) is 0.534. The van der Waals surface area contributed by atoms with Crippen molar-refractivity contribution in [2.75, 3.05) is 33.2 Å². The molecular formula is C13H26N2. The predicted octanol–water partition coefficient (Wildman–Crippen LogP) is 2.27. The van der Waals surface area contributed by atoms with Crippen LogP contribution in [0.25, 0.3) is 0 Å². The van der Waals surface area contributed by atoms with Gasteiger partial charge in [-0.2, -0.15) is 0 Å². The Hall–Kier alpha value is -0.340. The molecule has 15 heavy (non-hydrogen) atoms. The first-order chi connectivity index (χ1) is 7.16. The summed E-state index contributed by atoms with van der Waals surface area (Å²) in [5.41, 5.74) is 0.528. The van der Waals surface area contributed by atoms with Gasteiger partial charge in [0.2, 0.25) is 0 Å². The number of hydrogen-bond donors (Lipinski definition) is 1. The molecule has 0 bridgehead atoms. The highest BCUT2D eigenvalue weighted by Crippen LogP contribution is 2.29. The van der Waals surface area contributed by atoms with Crippen molar-refractivity contribution in [3.63, 3.8) is 0 Å². The summed E-state index contributed by atoms with van der Waals surface area (Å²) < 4.78 is 0. The Labute approximate surface area is 94.7 Å². The summed E-state index contributed by atoms with van der Waals surface area (Å²) >= 11 is 0. The molecule has 1 rings (SSSR count). The van der Waals surface area contributed by atoms with E-state index in [0.717, 1.165) is 13.0 Å². The zero-order valence-corrected chi connectivity index (χ0v) is 10.4. The monoisotopic (exact) mass is 210 g/mol. The maximum absolute atomic E-state index is 3.74. The van der Waals surface area contributed by atoms with E-state index in [9.17, 15) is 0 Å². The van der Waals surface area contributed by atoms with Crippen molar-refractivity contribution < 1.29 is 0 Å². The molecule has 1 N–H and O–H groups in total. The van der Waals surface area contributed by atoms with Crippen LogP contribution in [0.4, 0.5) is 0 Å². The molecule has 1 fully saturated rings. The van der Waals surface area contributed by atoms with Gasteiger partial charge in [-0.15, -0.1) is 6.58 Å². The van der Waals surface area contributed by atoms with E-state index in [0.29, 0.717) is 5.41 Å². The highest BCUT2D eigenvalue weighted by atomic mass is 15.1. The molecule has 0 amide bonds. The van der Waals surface area contributed by atoms with E-state index in [1.807, 2.05) is 6.08 Å². The normalized spacial score (nSPS) is 21.5. The Morgan fingerprint density at radius 1 is 1.40 bits per heavy atom. The molecule has 0 spiro atoms. The summed E-state index contributed by atoms with van der Waals surface area (Å²) in [7, 11) is 2.22. The zero-order chi connectivity index (χ0) is 11.1. The lowest BCUT2D eigenvalue weighted by atomic mass is 9.80. The molecule has 0 aromatic carbocycles. The molecule has 2 heteroatoms. The number of piperidine rings is 1. The zero-order valence-electron chi connectivity index (χ0n) is 10.4. The second-order valence-corrected chi connectivity index (χ2v) is 5.22. The van der Waals surface area contributed by atoms with Gasteiger partial charge in [0.25, 0.3) is 0 Å². The van der Waals surface area contributed by atoms with E-state index >= 15 is 0 Å². The van der Waals surface area contributed by atoms with Crippen molar-refractivity contribution in [1.82, 2.24) is 10.2 Å². The first kappa shape index (κ1) is 12.7. The van der Waals surface area contributed by atoms with Crippen LogP contribution in [0.5, 0.6) is 0 Å². The number of nitrogens with zero attached hydrogens (tertiary/aromatic N) is 1. The van der Waals surface area contributed by atoms with Crippen LogP contribution in [0, 0.1) is 5.41 Å². The van der Waals surface area contributed by atoms with Gasteiger partial charge >= 0.3 is 0 Å². The second kappa shape index (κ2) is 6.29. The van der Waals surface area contributed by atoms with E-state index in [2.05, 4.69) is 30.8 Å². The average molecular weight is 210 g/mol. The molecule has 0 aromatic heterocycles. The highest BCUT2D eigenvalue weighted by molar-refractivity contribution is 4.83. The SMILES string of the molecule is C=CCCCNCC1(C)CCN(C)CC1. The van der Waals surface area contributed by atoms with E-state index in [1.165, 1.54) is 38.9 Å². The minimum Gasteiger partial charge on any atom is -0.316 e. The molecule has 0 aliphatic carbocycles. The van der Waals surface area contributed by atoms with Gasteiger partial charge in [0, 0.05) is 6.54 Å². The van der Waals surface area contributed by atoms with Gasteiger partial charge in [-0.05, 0) is 57.8 Å². The van der Waals surface area contributed by atoms with Crippen LogP contribution in [-0.2, 0) is 0 Å². The van der Waals surface area contributed by atoms with Crippen molar-refractivity contribution in [3.8, 4) is 0 Å². The number of allylic oxidation sites excluding steroid dienone is 1. The average Bonchev–Trinajstić information content (AvgIpc) is 2.23. The third-order valence-corrected chi connectivity index (χ3v) is 3.51. The third kappa shape index (κ3) is 4.80. The first-order valence-corrected chi connectivity index (χ1v) is 6.16. The molecule has 0 aromatic rings. The van der Waals surface area contributed by atoms with Gasteiger partial charge in [-0.1, -0.05) is 13.0 Å². The molecule has 0 radical (unpaired) electrons. The lowest BCUT2D eigenvalue weighted by molar-refractivity contribution is 0.137. The standard InChI is InChI=1S/C13H26N2/c1-4-5-6-9-14-12-13(2)7-10-15(3)11-8-13/h4,14H,1,5-12H2,2-3H3. The van der Waals surface area contributed by atoms with Crippen LogP contribution in [-0.4, -0.2) is 38.1 Å². The number of hydrogen-bond acceptors (Lipinski definition) is 2. The van der Waals surface area contributed by atoms with Gasteiger partial charge in [0.15, 0.2) is 0 Å². The predicted molar refractivity (Wildman–Crippen MR) is 67.1 cm³/mol. The minimum atomic E-state index is 0.528. The van der Waals surface area contributed by atoms with Crippen LogP contribution in [0.3, 0.4) is 0 Å². The summed E-state index contributed by atoms with van der Waals surface area (Å²) in [6, 6.07) is 0. The molecule has 0 atom stereocenters. The number of rotatable bonds is 6. The Balaban J connectivity index is 2.11. The Morgan fingerprint density at radius 2 is 2.07 bits per heavy atom. The van der Waals surface area contributed by atoms with Crippen molar-refractivity contribution in [2.24, 2.45) is 5.41 Å². The molecule has 1 aliphatic heterocycles. The van der Waals surface area contributed by atoms with Crippen LogP contribution >= 0.6 is 0 Å². The summed E-state index contributed by atoms with van der Waals surface area (Å²) in [4.78, 5) is 2.43. The van der Waals surface area contributed by atoms with Gasteiger partial charge in [0.1, 0.15) is 0 Å². The number of unbranched alkanes of at least 4 members (excludes halogenated alkanes) is 1. The second-order valence-electron chi connectivity index (χ2n) is 5.22. The Kier molecular flexibility index (Phi) is 5.34. The first-order valence-electron chi connectivity index (χ1n) is 6.16. The van der Waals surface area contributed by atoms with Crippen molar-refractivity contribution in [1.29, 1.82) is 0 Å². The summed E-state index contributed by atoms with van der Waals surface area (Å²) in [5.74, 6) is 0. The molecule has 1 saturated heterocycles. The van der Waals surface area contributed by atoms with Gasteiger partial charge in [-0.25, -0.2) is 0 Å². The number of likely N-dealkylation sites (tertiary alicyclic amines) is 1. The smallest absolute Gasteiger partial charge is 0.000612 e. The van der Waals surface area contributed by atoms with Crippen LogP contribution in [0.2, 0.25) is 0 Å². The molecule has 88 valence electrons. The van der Waals surface area contributed by atoms with Gasteiger partial charge in [0.05, 0.1) is 0 Å². The number of nitrogens with one attached hydrogen (secondary N) is 1. The topological polar surface area (TPSA) is 15.3 Å². The van der Waals surface area contributed by atoms with Crippen LogP contribution < -0.4 is 5.32 Å². The molecule has 1 aliphatic rings. The van der Waals surface area contributed by atoms with Crippen LogP contribution in [0.1, 0.15) is 32.6 Å². The van der Waals surface area contributed by atoms with E-state index in [1.54, 1.807) is 0 Å². The largest absolute Gasteiger partial charge is 0.316 e. The summed E-state index contributed by atoms with van der Waals surface area (Å²) in [6.45, 7) is 11.0. The van der Waals surface area contributed by atoms with Crippen molar-refractivity contribution in [3.05, 3.63) is 12.7 Å². The minimum absolute atomic E-state index is 0.528. The maximum Gasteiger partial charge on any atom is 0.000612 e. The Morgan fingerprint density at radius 3 is 2.67 bits per heavy atom. The van der Waals surface area contributed by atoms with E-state index < -0.39 is 0 Å². The highest BCUT2D eigenvalue weighted by Gasteiger charge is 2.27. The molecule has 0 unspecified atom stereocenters. The molecular weight excluding hydrogens is 184 g/mol. The lowest BCUT2D eigenvalue weighted by Gasteiger charge is -2.38. The fourth-order valence-electron chi connectivity index (χ4n) is 2.10. The van der Waals surface area contributed by atoms with Crippen LogP contribution in [0.15, 0.2) is 12.7 Å². The Bertz CT molecular complexity index is 181.